The Balaban J connectivity index is 2.19. The predicted molar refractivity (Wildman–Crippen MR) is 108 cm³/mol. The van der Waals surface area contributed by atoms with Gasteiger partial charge in [0.2, 0.25) is 0 Å². The van der Waals surface area contributed by atoms with Crippen LogP contribution in [-0.4, -0.2) is 40.7 Å². The topological polar surface area (TPSA) is 58.6 Å². The minimum absolute atomic E-state index is 0.0140. The smallest absolute Gasteiger partial charge is 0.329 e. The van der Waals surface area contributed by atoms with Gasteiger partial charge in [-0.25, -0.2) is 9.59 Å². The van der Waals surface area contributed by atoms with Crippen LogP contribution in [0.2, 0.25) is 0 Å². The lowest BCUT2D eigenvalue weighted by atomic mass is 10.1. The van der Waals surface area contributed by atoms with Gasteiger partial charge in [-0.1, -0.05) is 38.5 Å². The molecule has 1 heterocycles. The summed E-state index contributed by atoms with van der Waals surface area (Å²) >= 11 is 1.66. The van der Waals surface area contributed by atoms with Crippen LogP contribution in [0.1, 0.15) is 44.7 Å². The first-order valence-electron chi connectivity index (χ1n) is 9.28. The highest BCUT2D eigenvalue weighted by molar-refractivity contribution is 8.00. The van der Waals surface area contributed by atoms with Crippen molar-refractivity contribution in [1.82, 2.24) is 4.90 Å². The molecular weight excluding hydrogens is 348 g/mol. The van der Waals surface area contributed by atoms with Crippen molar-refractivity contribution in [3.8, 4) is 0 Å². The van der Waals surface area contributed by atoms with Crippen LogP contribution >= 0.6 is 11.8 Å². The molecule has 1 aliphatic heterocycles. The second kappa shape index (κ2) is 9.31. The van der Waals surface area contributed by atoms with Crippen molar-refractivity contribution in [2.45, 2.75) is 58.9 Å². The van der Waals surface area contributed by atoms with Crippen molar-refractivity contribution in [1.29, 1.82) is 0 Å². The van der Waals surface area contributed by atoms with Gasteiger partial charge in [0.15, 0.2) is 0 Å². The number of hydrogen-bond donors (Lipinski definition) is 1. The largest absolute Gasteiger partial charge is 0.464 e. The minimum atomic E-state index is -0.527. The third kappa shape index (κ3) is 5.16. The molecule has 0 aromatic heterocycles. The van der Waals surface area contributed by atoms with Crippen LogP contribution in [0.15, 0.2) is 18.2 Å². The maximum atomic E-state index is 13.0. The van der Waals surface area contributed by atoms with E-state index in [1.165, 1.54) is 0 Å². The zero-order valence-corrected chi connectivity index (χ0v) is 17.2. The van der Waals surface area contributed by atoms with Crippen molar-refractivity contribution < 1.29 is 14.3 Å². The first-order chi connectivity index (χ1) is 12.3. The zero-order valence-electron chi connectivity index (χ0n) is 16.4. The maximum Gasteiger partial charge on any atom is 0.329 e. The Kier molecular flexibility index (Phi) is 7.38. The number of esters is 1. The van der Waals surface area contributed by atoms with Gasteiger partial charge in [-0.05, 0) is 44.2 Å². The highest BCUT2D eigenvalue weighted by atomic mass is 32.2. The SMILES string of the molecule is CCCOC(=O)C1CSC(CC(C)C)N1C(=O)Nc1ccc(C)cc1C. The van der Waals surface area contributed by atoms with E-state index in [1.54, 1.807) is 16.7 Å². The fraction of sp³-hybridized carbons (Fsp3) is 0.600. The van der Waals surface area contributed by atoms with Gasteiger partial charge in [-0.3, -0.25) is 4.90 Å². The van der Waals surface area contributed by atoms with Crippen LogP contribution in [0.5, 0.6) is 0 Å². The van der Waals surface area contributed by atoms with Crippen molar-refractivity contribution in [3.63, 3.8) is 0 Å². The van der Waals surface area contributed by atoms with Crippen LogP contribution in [-0.2, 0) is 9.53 Å². The number of nitrogens with zero attached hydrogens (tertiary/aromatic N) is 1. The monoisotopic (exact) mass is 378 g/mol. The lowest BCUT2D eigenvalue weighted by Crippen LogP contribution is -2.48. The van der Waals surface area contributed by atoms with E-state index in [-0.39, 0.29) is 17.4 Å². The van der Waals surface area contributed by atoms with E-state index in [4.69, 9.17) is 4.74 Å². The van der Waals surface area contributed by atoms with Gasteiger partial charge in [0.1, 0.15) is 6.04 Å². The summed E-state index contributed by atoms with van der Waals surface area (Å²) in [6.45, 7) is 10.6. The Morgan fingerprint density at radius 3 is 2.69 bits per heavy atom. The van der Waals surface area contributed by atoms with Crippen molar-refractivity contribution in [2.24, 2.45) is 5.92 Å². The number of carbonyl (C=O) groups excluding carboxylic acids is 2. The number of ether oxygens (including phenoxy) is 1. The molecule has 2 unspecified atom stereocenters. The quantitative estimate of drug-likeness (QED) is 0.736. The van der Waals surface area contributed by atoms with Crippen LogP contribution in [0.3, 0.4) is 0 Å². The number of aryl methyl sites for hydroxylation is 2. The van der Waals surface area contributed by atoms with E-state index in [9.17, 15) is 9.59 Å². The standard InChI is InChI=1S/C20H30N2O3S/c1-6-9-25-19(23)17-12-26-18(10-13(2)3)22(17)20(24)21-16-8-7-14(4)11-15(16)5/h7-8,11,13,17-18H,6,9-10,12H2,1-5H3,(H,21,24). The van der Waals surface area contributed by atoms with Gasteiger partial charge in [-0.2, -0.15) is 0 Å². The Bertz CT molecular complexity index is 648. The van der Waals surface area contributed by atoms with Crippen LogP contribution in [0, 0.1) is 19.8 Å². The summed E-state index contributed by atoms with van der Waals surface area (Å²) in [6, 6.07) is 5.16. The molecule has 0 saturated carbocycles. The van der Waals surface area contributed by atoms with E-state index in [0.29, 0.717) is 18.3 Å². The lowest BCUT2D eigenvalue weighted by Gasteiger charge is -2.29. The molecule has 0 bridgehead atoms. The number of rotatable bonds is 6. The second-order valence-electron chi connectivity index (χ2n) is 7.26. The summed E-state index contributed by atoms with van der Waals surface area (Å²) in [5.41, 5.74) is 2.94. The minimum Gasteiger partial charge on any atom is -0.464 e. The summed E-state index contributed by atoms with van der Waals surface area (Å²) < 4.78 is 5.32. The summed E-state index contributed by atoms with van der Waals surface area (Å²) in [5, 5.41) is 2.98. The third-order valence-corrected chi connectivity index (χ3v) is 5.66. The van der Waals surface area contributed by atoms with Crippen LogP contribution in [0.25, 0.3) is 0 Å². The fourth-order valence-corrected chi connectivity index (χ4v) is 4.66. The number of urea groups is 1. The van der Waals surface area contributed by atoms with Gasteiger partial charge in [0.05, 0.1) is 12.0 Å². The number of benzene rings is 1. The molecule has 1 aromatic rings. The summed E-state index contributed by atoms with van der Waals surface area (Å²) in [7, 11) is 0. The first-order valence-corrected chi connectivity index (χ1v) is 10.3. The highest BCUT2D eigenvalue weighted by Gasteiger charge is 2.42. The average molecular weight is 379 g/mol. The summed E-state index contributed by atoms with van der Waals surface area (Å²) in [4.78, 5) is 27.2. The first kappa shape index (κ1) is 20.6. The van der Waals surface area contributed by atoms with Crippen LogP contribution in [0.4, 0.5) is 10.5 Å². The van der Waals surface area contributed by atoms with Gasteiger partial charge in [0, 0.05) is 11.4 Å². The molecule has 26 heavy (non-hydrogen) atoms. The molecule has 144 valence electrons. The number of hydrogen-bond acceptors (Lipinski definition) is 4. The highest BCUT2D eigenvalue weighted by Crippen LogP contribution is 2.34. The Morgan fingerprint density at radius 2 is 2.08 bits per heavy atom. The maximum absolute atomic E-state index is 13.0. The molecule has 2 rings (SSSR count). The predicted octanol–water partition coefficient (Wildman–Crippen LogP) is 4.58. The molecule has 1 fully saturated rings. The molecule has 1 aliphatic rings. The van der Waals surface area contributed by atoms with Crippen LogP contribution < -0.4 is 5.32 Å². The molecule has 0 aliphatic carbocycles. The van der Waals surface area contributed by atoms with Gasteiger partial charge >= 0.3 is 12.0 Å². The van der Waals surface area contributed by atoms with Crippen molar-refractivity contribution >= 4 is 29.4 Å². The molecule has 2 atom stereocenters. The molecule has 0 spiro atoms. The average Bonchev–Trinajstić information content (AvgIpc) is 2.98. The van der Waals surface area contributed by atoms with Gasteiger partial charge < -0.3 is 10.1 Å². The molecule has 1 aromatic carbocycles. The lowest BCUT2D eigenvalue weighted by molar-refractivity contribution is -0.147. The Hall–Kier alpha value is -1.69. The second-order valence-corrected chi connectivity index (χ2v) is 8.47. The molecule has 1 saturated heterocycles. The summed E-state index contributed by atoms with van der Waals surface area (Å²) in [6.07, 6.45) is 1.62. The third-order valence-electron chi connectivity index (χ3n) is 4.34. The van der Waals surface area contributed by atoms with Crippen molar-refractivity contribution in [2.75, 3.05) is 17.7 Å². The van der Waals surface area contributed by atoms with E-state index in [2.05, 4.69) is 19.2 Å². The van der Waals surface area contributed by atoms with E-state index in [0.717, 1.165) is 29.7 Å². The number of carbonyl (C=O) groups is 2. The van der Waals surface area contributed by atoms with Gasteiger partial charge in [0.25, 0.3) is 0 Å². The number of thioether (sulfide) groups is 1. The molecule has 1 N–H and O–H groups in total. The molecular formula is C20H30N2O3S. The van der Waals surface area contributed by atoms with E-state index in [1.807, 2.05) is 39.0 Å². The normalized spacial score (nSPS) is 19.7. The Morgan fingerprint density at radius 1 is 1.35 bits per heavy atom. The number of amides is 2. The van der Waals surface area contributed by atoms with Gasteiger partial charge in [-0.15, -0.1) is 11.8 Å². The molecule has 0 radical (unpaired) electrons. The number of nitrogens with one attached hydrogen (secondary N) is 1. The zero-order chi connectivity index (χ0) is 19.3. The molecule has 2 amide bonds. The summed E-state index contributed by atoms with van der Waals surface area (Å²) in [5.74, 6) is 0.718. The van der Waals surface area contributed by atoms with E-state index >= 15 is 0 Å². The molecule has 5 nitrogen and oxygen atoms in total. The van der Waals surface area contributed by atoms with Crippen molar-refractivity contribution in [3.05, 3.63) is 29.3 Å². The van der Waals surface area contributed by atoms with E-state index < -0.39 is 6.04 Å². The fourth-order valence-electron chi connectivity index (χ4n) is 3.03. The molecule has 6 heteroatoms. The Labute approximate surface area is 160 Å². The number of anilines is 1.